The molecule has 0 unspecified atom stereocenters. The molecular formula is C24H32N6O3S. The van der Waals surface area contributed by atoms with Crippen LogP contribution in [0.3, 0.4) is 0 Å². The Bertz CT molecular complexity index is 1050. The lowest BCUT2D eigenvalue weighted by atomic mass is 9.95. The molecule has 34 heavy (non-hydrogen) atoms. The largest absolute Gasteiger partial charge is 0.494 e. The van der Waals surface area contributed by atoms with Crippen molar-refractivity contribution in [2.45, 2.75) is 70.3 Å². The van der Waals surface area contributed by atoms with Crippen molar-refractivity contribution in [3.8, 4) is 5.75 Å². The lowest BCUT2D eigenvalue weighted by molar-refractivity contribution is -0.144. The van der Waals surface area contributed by atoms with E-state index in [-0.39, 0.29) is 5.97 Å². The summed E-state index contributed by atoms with van der Waals surface area (Å²) < 4.78 is 6.82. The highest BCUT2D eigenvalue weighted by Gasteiger charge is 2.17. The van der Waals surface area contributed by atoms with Crippen molar-refractivity contribution >= 4 is 45.1 Å². The molecule has 1 aromatic carbocycles. The zero-order valence-corrected chi connectivity index (χ0v) is 20.1. The van der Waals surface area contributed by atoms with Gasteiger partial charge in [-0.05, 0) is 49.9 Å². The van der Waals surface area contributed by atoms with E-state index in [0.717, 1.165) is 47.6 Å². The topological polar surface area (TPSA) is 124 Å². The number of thiazole rings is 1. The first kappa shape index (κ1) is 24.2. The van der Waals surface area contributed by atoms with Crippen molar-refractivity contribution in [2.75, 3.05) is 17.2 Å². The summed E-state index contributed by atoms with van der Waals surface area (Å²) in [6.45, 7) is 0.633. The lowest BCUT2D eigenvalue weighted by Crippen LogP contribution is -2.23. The number of hydrogen-bond acceptors (Lipinski definition) is 10. The van der Waals surface area contributed by atoms with Gasteiger partial charge >= 0.3 is 5.97 Å². The summed E-state index contributed by atoms with van der Waals surface area (Å²) in [4.78, 5) is 28.9. The third kappa shape index (κ3) is 7.01. The van der Waals surface area contributed by atoms with Gasteiger partial charge in [-0.2, -0.15) is 15.9 Å². The normalized spacial score (nSPS) is 14.1. The van der Waals surface area contributed by atoms with Gasteiger partial charge < -0.3 is 20.2 Å². The standard InChI is InChI=1S/C24H32N6O3S/c25-33-20(31)10-6-1-2-7-15-32-19-13-11-18(12-14-19)28-24-29-22-21(34-16-26-22)23(30-24)27-17-8-4-3-5-9-17/h11-14,16-17H,1-10,15,25H2,(H2,27,28,29,30). The van der Waals surface area contributed by atoms with E-state index in [0.29, 0.717) is 30.7 Å². The SMILES string of the molecule is NOC(=O)CCCCCCOc1ccc(Nc2nc(NC3CCCCC3)c3scnc3n2)cc1. The molecular weight excluding hydrogens is 452 g/mol. The van der Waals surface area contributed by atoms with E-state index >= 15 is 0 Å². The number of fused-ring (bicyclic) bond motifs is 1. The summed E-state index contributed by atoms with van der Waals surface area (Å²) in [5, 5.41) is 6.92. The van der Waals surface area contributed by atoms with Crippen LogP contribution in [0.25, 0.3) is 10.3 Å². The second-order valence-electron chi connectivity index (χ2n) is 8.53. The van der Waals surface area contributed by atoms with Gasteiger partial charge in [-0.3, -0.25) is 4.79 Å². The Balaban J connectivity index is 1.27. The third-order valence-corrected chi connectivity index (χ3v) is 6.75. The van der Waals surface area contributed by atoms with Crippen LogP contribution in [0.1, 0.15) is 64.2 Å². The first-order chi connectivity index (χ1) is 16.7. The van der Waals surface area contributed by atoms with Crippen LogP contribution < -0.4 is 21.3 Å². The van der Waals surface area contributed by atoms with Crippen LogP contribution in [0, 0.1) is 0 Å². The molecule has 3 aromatic rings. The highest BCUT2D eigenvalue weighted by Crippen LogP contribution is 2.29. The number of nitrogens with two attached hydrogens (primary N) is 1. The molecule has 10 heteroatoms. The fourth-order valence-electron chi connectivity index (χ4n) is 4.10. The molecule has 9 nitrogen and oxygen atoms in total. The van der Waals surface area contributed by atoms with Gasteiger partial charge in [0.1, 0.15) is 10.4 Å². The Kier molecular flexibility index (Phi) is 8.86. The number of carbonyl (C=O) groups excluding carboxylic acids is 1. The minimum absolute atomic E-state index is 0.362. The van der Waals surface area contributed by atoms with Crippen LogP contribution in [-0.2, 0) is 9.63 Å². The predicted octanol–water partition coefficient (Wildman–Crippen LogP) is 5.32. The maximum Gasteiger partial charge on any atom is 0.324 e. The van der Waals surface area contributed by atoms with Crippen LogP contribution in [-0.4, -0.2) is 33.6 Å². The number of benzene rings is 1. The molecule has 0 bridgehead atoms. The van der Waals surface area contributed by atoms with E-state index in [1.165, 1.54) is 32.1 Å². The second-order valence-corrected chi connectivity index (χ2v) is 9.39. The Morgan fingerprint density at radius 2 is 1.85 bits per heavy atom. The molecule has 1 fully saturated rings. The van der Waals surface area contributed by atoms with E-state index in [9.17, 15) is 4.79 Å². The van der Waals surface area contributed by atoms with E-state index in [1.807, 2.05) is 29.8 Å². The minimum Gasteiger partial charge on any atom is -0.494 e. The number of hydrogen-bond donors (Lipinski definition) is 3. The van der Waals surface area contributed by atoms with Gasteiger partial charge in [-0.25, -0.2) is 4.98 Å². The Morgan fingerprint density at radius 3 is 2.65 bits per heavy atom. The van der Waals surface area contributed by atoms with Crippen molar-refractivity contribution < 1.29 is 14.4 Å². The molecule has 2 aromatic heterocycles. The number of aromatic nitrogens is 3. The van der Waals surface area contributed by atoms with Crippen LogP contribution in [0.2, 0.25) is 0 Å². The molecule has 0 amide bonds. The van der Waals surface area contributed by atoms with Crippen LogP contribution >= 0.6 is 11.3 Å². The van der Waals surface area contributed by atoms with Gasteiger partial charge in [0.25, 0.3) is 0 Å². The summed E-state index contributed by atoms with van der Waals surface area (Å²) in [5.74, 6) is 6.67. The van der Waals surface area contributed by atoms with Gasteiger partial charge in [0, 0.05) is 18.2 Å². The van der Waals surface area contributed by atoms with E-state index < -0.39 is 0 Å². The van der Waals surface area contributed by atoms with Gasteiger partial charge in [-0.15, -0.1) is 11.3 Å². The maximum atomic E-state index is 11.0. The first-order valence-electron chi connectivity index (χ1n) is 12.0. The fourth-order valence-corrected chi connectivity index (χ4v) is 4.77. The molecule has 4 N–H and O–H groups in total. The average Bonchev–Trinajstić information content (AvgIpc) is 3.34. The molecule has 0 aliphatic heterocycles. The zero-order chi connectivity index (χ0) is 23.6. The molecule has 4 rings (SSSR count). The second kappa shape index (κ2) is 12.5. The molecule has 182 valence electrons. The van der Waals surface area contributed by atoms with Crippen molar-refractivity contribution in [3.05, 3.63) is 29.8 Å². The smallest absolute Gasteiger partial charge is 0.324 e. The van der Waals surface area contributed by atoms with Gasteiger partial charge in [0.05, 0.1) is 12.1 Å². The Hall–Kier alpha value is -2.98. The Labute approximate surface area is 203 Å². The van der Waals surface area contributed by atoms with Crippen LogP contribution in [0.5, 0.6) is 5.75 Å². The number of ether oxygens (including phenoxy) is 1. The van der Waals surface area contributed by atoms with Gasteiger partial charge in [0.2, 0.25) is 5.95 Å². The molecule has 0 atom stereocenters. The maximum absolute atomic E-state index is 11.0. The molecule has 0 spiro atoms. The van der Waals surface area contributed by atoms with E-state index in [2.05, 4.69) is 25.4 Å². The highest BCUT2D eigenvalue weighted by molar-refractivity contribution is 7.17. The van der Waals surface area contributed by atoms with Crippen LogP contribution in [0.15, 0.2) is 29.8 Å². The zero-order valence-electron chi connectivity index (χ0n) is 19.3. The summed E-state index contributed by atoms with van der Waals surface area (Å²) in [6.07, 6.45) is 10.2. The number of unbranched alkanes of at least 4 members (excludes halogenated alkanes) is 3. The summed E-state index contributed by atoms with van der Waals surface area (Å²) >= 11 is 1.57. The molecule has 0 radical (unpaired) electrons. The van der Waals surface area contributed by atoms with Crippen molar-refractivity contribution in [3.63, 3.8) is 0 Å². The van der Waals surface area contributed by atoms with Gasteiger partial charge in [0.15, 0.2) is 11.5 Å². The number of carbonyl (C=O) groups is 1. The molecule has 1 saturated carbocycles. The lowest BCUT2D eigenvalue weighted by Gasteiger charge is -2.23. The minimum atomic E-state index is -0.362. The fraction of sp³-hybridized carbons (Fsp3) is 0.500. The first-order valence-corrected chi connectivity index (χ1v) is 12.9. The van der Waals surface area contributed by atoms with Crippen molar-refractivity contribution in [1.29, 1.82) is 0 Å². The quantitative estimate of drug-likeness (QED) is 0.231. The van der Waals surface area contributed by atoms with Gasteiger partial charge in [-0.1, -0.05) is 32.1 Å². The predicted molar refractivity (Wildman–Crippen MR) is 134 cm³/mol. The van der Waals surface area contributed by atoms with Crippen molar-refractivity contribution in [2.24, 2.45) is 5.90 Å². The monoisotopic (exact) mass is 484 g/mol. The average molecular weight is 485 g/mol. The van der Waals surface area contributed by atoms with E-state index in [4.69, 9.17) is 15.6 Å². The molecule has 1 aliphatic rings. The van der Waals surface area contributed by atoms with Crippen molar-refractivity contribution in [1.82, 2.24) is 15.0 Å². The summed E-state index contributed by atoms with van der Waals surface area (Å²) in [6, 6.07) is 8.23. The number of nitrogens with one attached hydrogen (secondary N) is 2. The highest BCUT2D eigenvalue weighted by atomic mass is 32.1. The number of rotatable bonds is 12. The number of nitrogens with zero attached hydrogens (tertiary/aromatic N) is 3. The summed E-state index contributed by atoms with van der Waals surface area (Å²) in [5.41, 5.74) is 3.41. The summed E-state index contributed by atoms with van der Waals surface area (Å²) in [7, 11) is 0. The molecule has 0 saturated heterocycles. The van der Waals surface area contributed by atoms with E-state index in [1.54, 1.807) is 11.3 Å². The third-order valence-electron chi connectivity index (χ3n) is 5.93. The Morgan fingerprint density at radius 1 is 1.06 bits per heavy atom. The number of anilines is 3. The molecule has 2 heterocycles. The van der Waals surface area contributed by atoms with Crippen LogP contribution in [0.4, 0.5) is 17.5 Å². The molecule has 1 aliphatic carbocycles.